The van der Waals surface area contributed by atoms with Crippen molar-refractivity contribution in [2.75, 3.05) is 23.7 Å². The second kappa shape index (κ2) is 6.17. The van der Waals surface area contributed by atoms with Crippen LogP contribution >= 0.6 is 0 Å². The summed E-state index contributed by atoms with van der Waals surface area (Å²) in [6, 6.07) is 12.8. The van der Waals surface area contributed by atoms with E-state index in [1.807, 2.05) is 6.07 Å². The Bertz CT molecular complexity index is 587. The number of benzene rings is 1. The van der Waals surface area contributed by atoms with Crippen LogP contribution in [0.1, 0.15) is 24.0 Å². The molecular weight excluding hydrogens is 258 g/mol. The van der Waals surface area contributed by atoms with Crippen molar-refractivity contribution in [1.29, 1.82) is 0 Å². The number of pyridine rings is 1. The molecule has 1 saturated heterocycles. The van der Waals surface area contributed by atoms with Gasteiger partial charge in [0.05, 0.1) is 11.9 Å². The fourth-order valence-electron chi connectivity index (χ4n) is 3.22. The number of nitrogens with zero attached hydrogens (tertiary/aromatic N) is 2. The fraction of sp³-hybridized carbons (Fsp3) is 0.389. The summed E-state index contributed by atoms with van der Waals surface area (Å²) in [4.78, 5) is 6.91. The summed E-state index contributed by atoms with van der Waals surface area (Å²) >= 11 is 0. The summed E-state index contributed by atoms with van der Waals surface area (Å²) in [5, 5.41) is 0. The number of hydrogen-bond donors (Lipinski definition) is 1. The number of rotatable bonds is 3. The van der Waals surface area contributed by atoms with Crippen molar-refractivity contribution >= 4 is 11.5 Å². The van der Waals surface area contributed by atoms with Crippen molar-refractivity contribution in [1.82, 2.24) is 4.98 Å². The van der Waals surface area contributed by atoms with Gasteiger partial charge in [-0.2, -0.15) is 0 Å². The Morgan fingerprint density at radius 2 is 1.90 bits per heavy atom. The van der Waals surface area contributed by atoms with Crippen LogP contribution in [0.4, 0.5) is 11.5 Å². The molecule has 1 fully saturated rings. The molecule has 1 aliphatic heterocycles. The van der Waals surface area contributed by atoms with Crippen molar-refractivity contribution in [2.45, 2.75) is 26.2 Å². The van der Waals surface area contributed by atoms with Gasteiger partial charge in [-0.3, -0.25) is 0 Å². The topological polar surface area (TPSA) is 42.1 Å². The third-order valence-corrected chi connectivity index (χ3v) is 4.35. The molecule has 2 N–H and O–H groups in total. The van der Waals surface area contributed by atoms with E-state index in [1.165, 1.54) is 30.4 Å². The summed E-state index contributed by atoms with van der Waals surface area (Å²) in [6.07, 6.45) is 5.43. The lowest BCUT2D eigenvalue weighted by atomic mass is 9.90. The molecule has 0 atom stereocenters. The maximum absolute atomic E-state index is 5.78. The molecule has 3 nitrogen and oxygen atoms in total. The zero-order valence-corrected chi connectivity index (χ0v) is 12.6. The standard InChI is InChI=1S/C18H23N3/c1-14-11-17(19)13-20-18(14)21-9-7-16(8-10-21)12-15-5-3-2-4-6-15/h2-6,11,13,16H,7-10,12,19H2,1H3. The number of nitrogens with two attached hydrogens (primary N) is 1. The summed E-state index contributed by atoms with van der Waals surface area (Å²) in [5.74, 6) is 1.89. The van der Waals surface area contributed by atoms with Crippen LogP contribution in [0, 0.1) is 12.8 Å². The zero-order valence-electron chi connectivity index (χ0n) is 12.6. The van der Waals surface area contributed by atoms with E-state index in [1.54, 1.807) is 6.20 Å². The second-order valence-electron chi connectivity index (χ2n) is 6.03. The second-order valence-corrected chi connectivity index (χ2v) is 6.03. The first-order valence-electron chi connectivity index (χ1n) is 7.73. The number of aromatic nitrogens is 1. The van der Waals surface area contributed by atoms with E-state index in [-0.39, 0.29) is 0 Å². The molecular formula is C18H23N3. The number of nitrogen functional groups attached to an aromatic ring is 1. The number of anilines is 2. The van der Waals surface area contributed by atoms with E-state index in [4.69, 9.17) is 5.73 Å². The van der Waals surface area contributed by atoms with Gasteiger partial charge in [-0.1, -0.05) is 30.3 Å². The molecule has 0 radical (unpaired) electrons. The molecule has 3 heteroatoms. The summed E-state index contributed by atoms with van der Waals surface area (Å²) in [6.45, 7) is 4.28. The molecule has 110 valence electrons. The first-order valence-corrected chi connectivity index (χ1v) is 7.73. The van der Waals surface area contributed by atoms with Gasteiger partial charge >= 0.3 is 0 Å². The van der Waals surface area contributed by atoms with Crippen LogP contribution in [-0.2, 0) is 6.42 Å². The maximum atomic E-state index is 5.78. The smallest absolute Gasteiger partial charge is 0.131 e. The lowest BCUT2D eigenvalue weighted by Crippen LogP contribution is -2.35. The summed E-state index contributed by atoms with van der Waals surface area (Å²) in [7, 11) is 0. The van der Waals surface area contributed by atoms with Gasteiger partial charge in [-0.15, -0.1) is 0 Å². The lowest BCUT2D eigenvalue weighted by Gasteiger charge is -2.33. The van der Waals surface area contributed by atoms with E-state index in [9.17, 15) is 0 Å². The Morgan fingerprint density at radius 3 is 2.57 bits per heavy atom. The van der Waals surface area contributed by atoms with Gasteiger partial charge in [0.25, 0.3) is 0 Å². The average molecular weight is 281 g/mol. The Hall–Kier alpha value is -2.03. The fourth-order valence-corrected chi connectivity index (χ4v) is 3.22. The van der Waals surface area contributed by atoms with Crippen molar-refractivity contribution < 1.29 is 0 Å². The average Bonchev–Trinajstić information content (AvgIpc) is 2.49. The van der Waals surface area contributed by atoms with Crippen molar-refractivity contribution in [2.24, 2.45) is 5.92 Å². The maximum Gasteiger partial charge on any atom is 0.131 e. The predicted molar refractivity (Wildman–Crippen MR) is 88.5 cm³/mol. The first-order chi connectivity index (χ1) is 10.2. The largest absolute Gasteiger partial charge is 0.397 e. The van der Waals surface area contributed by atoms with Crippen molar-refractivity contribution in [3.8, 4) is 0 Å². The minimum absolute atomic E-state index is 0.746. The first kappa shape index (κ1) is 13.9. The van der Waals surface area contributed by atoms with Crippen LogP contribution in [0.15, 0.2) is 42.6 Å². The van der Waals surface area contributed by atoms with Crippen molar-refractivity contribution in [3.63, 3.8) is 0 Å². The summed E-state index contributed by atoms with van der Waals surface area (Å²) in [5.41, 5.74) is 9.16. The Kier molecular flexibility index (Phi) is 4.09. The van der Waals surface area contributed by atoms with Crippen LogP contribution < -0.4 is 10.6 Å². The van der Waals surface area contributed by atoms with Crippen LogP contribution in [0.3, 0.4) is 0 Å². The minimum atomic E-state index is 0.746. The molecule has 1 aromatic carbocycles. The van der Waals surface area contributed by atoms with E-state index in [0.29, 0.717) is 0 Å². The van der Waals surface area contributed by atoms with Gasteiger partial charge in [0.1, 0.15) is 5.82 Å². The van der Waals surface area contributed by atoms with Gasteiger partial charge < -0.3 is 10.6 Å². The SMILES string of the molecule is Cc1cc(N)cnc1N1CCC(Cc2ccccc2)CC1. The Balaban J connectivity index is 1.60. The Labute approximate surface area is 126 Å². The highest BCUT2D eigenvalue weighted by molar-refractivity contribution is 5.52. The predicted octanol–water partition coefficient (Wildman–Crippen LogP) is 3.43. The Morgan fingerprint density at radius 1 is 1.19 bits per heavy atom. The molecule has 1 aromatic heterocycles. The van der Waals surface area contributed by atoms with E-state index < -0.39 is 0 Å². The molecule has 0 saturated carbocycles. The molecule has 0 amide bonds. The van der Waals surface area contributed by atoms with E-state index >= 15 is 0 Å². The third kappa shape index (κ3) is 3.35. The van der Waals surface area contributed by atoms with Crippen molar-refractivity contribution in [3.05, 3.63) is 53.7 Å². The van der Waals surface area contributed by atoms with Crippen LogP contribution in [0.2, 0.25) is 0 Å². The molecule has 2 aromatic rings. The highest BCUT2D eigenvalue weighted by Crippen LogP contribution is 2.27. The zero-order chi connectivity index (χ0) is 14.7. The van der Waals surface area contributed by atoms with Crippen LogP contribution in [0.5, 0.6) is 0 Å². The monoisotopic (exact) mass is 281 g/mol. The van der Waals surface area contributed by atoms with Gasteiger partial charge in [0, 0.05) is 13.1 Å². The van der Waals surface area contributed by atoms with Crippen LogP contribution in [0.25, 0.3) is 0 Å². The quantitative estimate of drug-likeness (QED) is 0.937. The number of piperidine rings is 1. The molecule has 21 heavy (non-hydrogen) atoms. The molecule has 0 spiro atoms. The van der Waals surface area contributed by atoms with Gasteiger partial charge in [0.2, 0.25) is 0 Å². The molecule has 2 heterocycles. The minimum Gasteiger partial charge on any atom is -0.397 e. The van der Waals surface area contributed by atoms with E-state index in [0.717, 1.165) is 30.5 Å². The van der Waals surface area contributed by atoms with Gasteiger partial charge in [-0.05, 0) is 49.3 Å². The van der Waals surface area contributed by atoms with E-state index in [2.05, 4.69) is 47.1 Å². The van der Waals surface area contributed by atoms with Crippen LogP contribution in [-0.4, -0.2) is 18.1 Å². The normalized spacial score (nSPS) is 16.1. The molecule has 1 aliphatic rings. The van der Waals surface area contributed by atoms with Gasteiger partial charge in [0.15, 0.2) is 0 Å². The summed E-state index contributed by atoms with van der Waals surface area (Å²) < 4.78 is 0. The highest BCUT2D eigenvalue weighted by atomic mass is 15.2. The molecule has 0 aliphatic carbocycles. The van der Waals surface area contributed by atoms with Gasteiger partial charge in [-0.25, -0.2) is 4.98 Å². The molecule has 0 unspecified atom stereocenters. The molecule has 0 bridgehead atoms. The third-order valence-electron chi connectivity index (χ3n) is 4.35. The highest BCUT2D eigenvalue weighted by Gasteiger charge is 2.21. The number of aryl methyl sites for hydroxylation is 1. The number of hydrogen-bond acceptors (Lipinski definition) is 3. The lowest BCUT2D eigenvalue weighted by molar-refractivity contribution is 0.402. The molecule has 3 rings (SSSR count).